The van der Waals surface area contributed by atoms with Crippen LogP contribution in [-0.4, -0.2) is 6.43 Å². The van der Waals surface area contributed by atoms with Crippen molar-refractivity contribution >= 4 is 31.9 Å². The standard InChI is InChI=1S/C3HBr2F3/c4-1(2(5)6)3(7)8/h3H. The van der Waals surface area contributed by atoms with Gasteiger partial charge in [0.2, 0.25) is 0 Å². The summed E-state index contributed by atoms with van der Waals surface area (Å²) in [5.41, 5.74) is 0. The summed E-state index contributed by atoms with van der Waals surface area (Å²) < 4.78 is 32.4. The molecule has 0 atom stereocenters. The van der Waals surface area contributed by atoms with Crippen molar-refractivity contribution in [1.29, 1.82) is 0 Å². The van der Waals surface area contributed by atoms with Crippen LogP contribution in [0.25, 0.3) is 0 Å². The van der Waals surface area contributed by atoms with E-state index in [1.165, 1.54) is 0 Å². The quantitative estimate of drug-likeness (QED) is 0.674. The van der Waals surface area contributed by atoms with E-state index in [1.807, 2.05) is 0 Å². The lowest BCUT2D eigenvalue weighted by atomic mass is 10.7. The van der Waals surface area contributed by atoms with E-state index in [-0.39, 0.29) is 0 Å². The molecule has 48 valence electrons. The Bertz CT molecular complexity index is 105. The van der Waals surface area contributed by atoms with Crippen molar-refractivity contribution in [1.82, 2.24) is 0 Å². The van der Waals surface area contributed by atoms with Crippen molar-refractivity contribution in [3.05, 3.63) is 9.22 Å². The number of hydrogen-bond donors (Lipinski definition) is 0. The van der Waals surface area contributed by atoms with Gasteiger partial charge in [-0.2, -0.15) is 4.39 Å². The third-order valence-electron chi connectivity index (χ3n) is 0.372. The second-order valence-electron chi connectivity index (χ2n) is 0.909. The van der Waals surface area contributed by atoms with Crippen molar-refractivity contribution < 1.29 is 13.2 Å². The molecule has 0 aromatic heterocycles. The van der Waals surface area contributed by atoms with Gasteiger partial charge in [0.05, 0.1) is 0 Å². The van der Waals surface area contributed by atoms with Crippen molar-refractivity contribution in [2.45, 2.75) is 6.43 Å². The van der Waals surface area contributed by atoms with Gasteiger partial charge in [0.1, 0.15) is 4.48 Å². The van der Waals surface area contributed by atoms with Gasteiger partial charge in [-0.15, -0.1) is 0 Å². The van der Waals surface area contributed by atoms with Crippen LogP contribution < -0.4 is 0 Å². The van der Waals surface area contributed by atoms with E-state index in [2.05, 4.69) is 31.9 Å². The van der Waals surface area contributed by atoms with Crippen molar-refractivity contribution in [3.8, 4) is 0 Å². The highest BCUT2D eigenvalue weighted by atomic mass is 79.9. The predicted octanol–water partition coefficient (Wildman–Crippen LogP) is 3.18. The summed E-state index contributed by atoms with van der Waals surface area (Å²) in [5, 5.41) is 0. The molecule has 0 radical (unpaired) electrons. The highest BCUT2D eigenvalue weighted by molar-refractivity contribution is 9.14. The minimum absolute atomic E-state index is 0.752. The molecule has 0 amide bonds. The Kier molecular flexibility index (Phi) is 3.72. The summed E-state index contributed by atoms with van der Waals surface area (Å²) in [6.07, 6.45) is -2.78. The number of allylic oxidation sites excluding steroid dienone is 1. The molecule has 0 saturated heterocycles. The van der Waals surface area contributed by atoms with Gasteiger partial charge < -0.3 is 0 Å². The zero-order valence-corrected chi connectivity index (χ0v) is 6.64. The predicted molar refractivity (Wildman–Crippen MR) is 32.0 cm³/mol. The summed E-state index contributed by atoms with van der Waals surface area (Å²) in [5.74, 6) is 0. The van der Waals surface area contributed by atoms with Gasteiger partial charge in [-0.25, -0.2) is 8.78 Å². The third kappa shape index (κ3) is 2.71. The molecule has 0 spiro atoms. The molecule has 8 heavy (non-hydrogen) atoms. The first-order valence-electron chi connectivity index (χ1n) is 1.54. The minimum atomic E-state index is -2.78. The van der Waals surface area contributed by atoms with Crippen LogP contribution in [0.15, 0.2) is 9.22 Å². The first-order valence-corrected chi connectivity index (χ1v) is 3.13. The Balaban J connectivity index is 4.00. The SMILES string of the molecule is FC(Br)=C(Br)C(F)F. The Morgan fingerprint density at radius 2 is 1.62 bits per heavy atom. The average molecular weight is 254 g/mol. The topological polar surface area (TPSA) is 0 Å². The van der Waals surface area contributed by atoms with E-state index < -0.39 is 15.6 Å². The van der Waals surface area contributed by atoms with E-state index >= 15 is 0 Å². The molecule has 0 rings (SSSR count). The summed E-state index contributed by atoms with van der Waals surface area (Å²) >= 11 is 4.54. The van der Waals surface area contributed by atoms with Crippen LogP contribution in [0.1, 0.15) is 0 Å². The maximum absolute atomic E-state index is 11.6. The van der Waals surface area contributed by atoms with Crippen LogP contribution in [0.5, 0.6) is 0 Å². The van der Waals surface area contributed by atoms with Gasteiger partial charge in [0.25, 0.3) is 6.43 Å². The van der Waals surface area contributed by atoms with E-state index in [1.54, 1.807) is 0 Å². The molecule has 0 N–H and O–H groups in total. The van der Waals surface area contributed by atoms with Crippen molar-refractivity contribution in [3.63, 3.8) is 0 Å². The highest BCUT2D eigenvalue weighted by Gasteiger charge is 2.11. The minimum Gasteiger partial charge on any atom is -0.204 e. The normalized spacial score (nSPS) is 14.2. The number of hydrogen-bond acceptors (Lipinski definition) is 0. The van der Waals surface area contributed by atoms with Crippen LogP contribution >= 0.6 is 31.9 Å². The summed E-state index contributed by atoms with van der Waals surface area (Å²) in [4.78, 5) is 0. The fourth-order valence-electron chi connectivity index (χ4n) is 0.0825. The zero-order valence-electron chi connectivity index (χ0n) is 3.47. The first-order chi connectivity index (χ1) is 3.55. The number of halogens is 5. The van der Waals surface area contributed by atoms with E-state index in [0.29, 0.717) is 0 Å². The number of rotatable bonds is 1. The Labute approximate surface area is 61.0 Å². The molecule has 0 unspecified atom stereocenters. The molecule has 0 aliphatic rings. The third-order valence-corrected chi connectivity index (χ3v) is 2.03. The molecule has 0 aromatic rings. The zero-order chi connectivity index (χ0) is 6.73. The van der Waals surface area contributed by atoms with Crippen LogP contribution in [0.3, 0.4) is 0 Å². The van der Waals surface area contributed by atoms with Gasteiger partial charge in [-0.05, 0) is 31.9 Å². The molecular weight excluding hydrogens is 253 g/mol. The van der Waals surface area contributed by atoms with E-state index in [0.717, 1.165) is 0 Å². The Morgan fingerprint density at radius 3 is 1.62 bits per heavy atom. The lowest BCUT2D eigenvalue weighted by molar-refractivity contribution is 0.198. The second kappa shape index (κ2) is 3.50. The van der Waals surface area contributed by atoms with Gasteiger partial charge in [0.15, 0.2) is 4.74 Å². The van der Waals surface area contributed by atoms with Gasteiger partial charge in [-0.3, -0.25) is 0 Å². The van der Waals surface area contributed by atoms with Gasteiger partial charge >= 0.3 is 0 Å². The largest absolute Gasteiger partial charge is 0.273 e. The van der Waals surface area contributed by atoms with Crippen molar-refractivity contribution in [2.75, 3.05) is 0 Å². The lowest BCUT2D eigenvalue weighted by Crippen LogP contribution is -1.87. The maximum Gasteiger partial charge on any atom is 0.273 e. The highest BCUT2D eigenvalue weighted by Crippen LogP contribution is 2.24. The summed E-state index contributed by atoms with van der Waals surface area (Å²) in [6.45, 7) is 0. The van der Waals surface area contributed by atoms with Crippen LogP contribution in [0.2, 0.25) is 0 Å². The fourth-order valence-corrected chi connectivity index (χ4v) is 0.256. The molecule has 0 aliphatic carbocycles. The van der Waals surface area contributed by atoms with Crippen molar-refractivity contribution in [2.24, 2.45) is 0 Å². The van der Waals surface area contributed by atoms with Gasteiger partial charge in [0, 0.05) is 0 Å². The monoisotopic (exact) mass is 252 g/mol. The molecule has 0 fully saturated rings. The van der Waals surface area contributed by atoms with Crippen LogP contribution in [0, 0.1) is 0 Å². The maximum atomic E-state index is 11.6. The van der Waals surface area contributed by atoms with Crippen LogP contribution in [-0.2, 0) is 0 Å². The lowest BCUT2D eigenvalue weighted by Gasteiger charge is -1.91. The molecule has 0 aliphatic heterocycles. The molecule has 0 bridgehead atoms. The smallest absolute Gasteiger partial charge is 0.204 e. The molecule has 0 saturated carbocycles. The molecule has 0 aromatic carbocycles. The van der Waals surface area contributed by atoms with E-state index in [9.17, 15) is 13.2 Å². The average Bonchev–Trinajstić information content (AvgIpc) is 1.64. The second-order valence-corrected chi connectivity index (χ2v) is 2.46. The number of alkyl halides is 2. The molecule has 0 heterocycles. The summed E-state index contributed by atoms with van der Waals surface area (Å²) in [6, 6.07) is 0. The van der Waals surface area contributed by atoms with Crippen LogP contribution in [0.4, 0.5) is 13.2 Å². The summed E-state index contributed by atoms with van der Waals surface area (Å²) in [7, 11) is 0. The first kappa shape index (κ1) is 8.49. The molecular formula is C3HBr2F3. The fraction of sp³-hybridized carbons (Fsp3) is 0.333. The molecule has 0 nitrogen and oxygen atoms in total. The van der Waals surface area contributed by atoms with E-state index in [4.69, 9.17) is 0 Å². The molecule has 5 heteroatoms. The Morgan fingerprint density at radius 1 is 1.25 bits per heavy atom. The Hall–Kier alpha value is 0.490. The van der Waals surface area contributed by atoms with Gasteiger partial charge in [-0.1, -0.05) is 0 Å².